The van der Waals surface area contributed by atoms with Crippen molar-refractivity contribution in [1.82, 2.24) is 10.1 Å². The van der Waals surface area contributed by atoms with E-state index in [1.165, 1.54) is 6.26 Å². The molecular weight excluding hydrogens is 426 g/mol. The summed E-state index contributed by atoms with van der Waals surface area (Å²) in [5, 5.41) is 4.62. The number of aromatic nitrogens is 2. The molecule has 3 heterocycles. The van der Waals surface area contributed by atoms with Gasteiger partial charge in [-0.3, -0.25) is 4.79 Å². The van der Waals surface area contributed by atoms with E-state index < -0.39 is 9.84 Å². The maximum Gasteiger partial charge on any atom is 0.259 e. The van der Waals surface area contributed by atoms with Gasteiger partial charge >= 0.3 is 0 Å². The van der Waals surface area contributed by atoms with Gasteiger partial charge in [-0.05, 0) is 49.6 Å². The first-order valence-electron chi connectivity index (χ1n) is 10.3. The lowest BCUT2D eigenvalue weighted by atomic mass is 9.99. The highest BCUT2D eigenvalue weighted by molar-refractivity contribution is 7.90. The lowest BCUT2D eigenvalue weighted by Crippen LogP contribution is -2.35. The van der Waals surface area contributed by atoms with Crippen LogP contribution in [0.15, 0.2) is 64.0 Å². The maximum absolute atomic E-state index is 13.8. The first kappa shape index (κ1) is 20.4. The van der Waals surface area contributed by atoms with Crippen molar-refractivity contribution in [2.45, 2.75) is 24.7 Å². The van der Waals surface area contributed by atoms with Gasteiger partial charge in [0.1, 0.15) is 0 Å². The Kier molecular flexibility index (Phi) is 4.82. The van der Waals surface area contributed by atoms with Crippen LogP contribution in [0.3, 0.4) is 0 Å². The van der Waals surface area contributed by atoms with Gasteiger partial charge < -0.3 is 9.42 Å². The number of carbonyl (C=O) groups is 1. The highest BCUT2D eigenvalue weighted by Gasteiger charge is 2.28. The summed E-state index contributed by atoms with van der Waals surface area (Å²) < 4.78 is 29.4. The Hall–Kier alpha value is -3.52. The molecule has 0 atom stereocenters. The number of anilines is 1. The minimum atomic E-state index is -3.32. The Morgan fingerprint density at radius 2 is 1.88 bits per heavy atom. The zero-order valence-corrected chi connectivity index (χ0v) is 18.5. The van der Waals surface area contributed by atoms with Crippen LogP contribution < -0.4 is 4.90 Å². The topological polar surface area (TPSA) is 93.4 Å². The molecule has 1 amide bonds. The monoisotopic (exact) mass is 447 g/mol. The fourth-order valence-electron chi connectivity index (χ4n) is 4.18. The fraction of sp³-hybridized carbons (Fsp3) is 0.208. The average Bonchev–Trinajstić information content (AvgIpc) is 3.18. The zero-order chi connectivity index (χ0) is 22.5. The molecule has 5 rings (SSSR count). The number of hydrogen-bond acceptors (Lipinski definition) is 6. The van der Waals surface area contributed by atoms with Crippen molar-refractivity contribution in [3.63, 3.8) is 0 Å². The molecule has 1 aliphatic heterocycles. The molecule has 7 nitrogen and oxygen atoms in total. The second-order valence-electron chi connectivity index (χ2n) is 7.99. The van der Waals surface area contributed by atoms with Gasteiger partial charge in [0.2, 0.25) is 0 Å². The molecule has 0 spiro atoms. The normalized spacial score (nSPS) is 13.9. The summed E-state index contributed by atoms with van der Waals surface area (Å²) in [5.74, 6) is -0.186. The van der Waals surface area contributed by atoms with Crippen molar-refractivity contribution in [3.8, 4) is 11.3 Å². The van der Waals surface area contributed by atoms with E-state index >= 15 is 0 Å². The Morgan fingerprint density at radius 1 is 1.09 bits per heavy atom. The van der Waals surface area contributed by atoms with E-state index in [4.69, 9.17) is 4.52 Å². The maximum atomic E-state index is 13.8. The zero-order valence-electron chi connectivity index (χ0n) is 17.7. The van der Waals surface area contributed by atoms with Crippen LogP contribution >= 0.6 is 0 Å². The quantitative estimate of drug-likeness (QED) is 0.467. The number of fused-ring (bicyclic) bond motifs is 2. The van der Waals surface area contributed by atoms with Crippen LogP contribution in [0.1, 0.15) is 28.0 Å². The molecule has 0 N–H and O–H groups in total. The van der Waals surface area contributed by atoms with Gasteiger partial charge in [0.05, 0.1) is 27.2 Å². The largest absolute Gasteiger partial charge is 0.335 e. The number of sulfone groups is 1. The Balaban J connectivity index is 1.64. The number of pyridine rings is 1. The summed E-state index contributed by atoms with van der Waals surface area (Å²) in [6.07, 6.45) is 2.65. The van der Waals surface area contributed by atoms with Gasteiger partial charge in [0.15, 0.2) is 9.84 Å². The Labute approximate surface area is 185 Å². The third-order valence-corrected chi connectivity index (χ3v) is 6.87. The first-order chi connectivity index (χ1) is 15.3. The molecule has 0 unspecified atom stereocenters. The fourth-order valence-corrected chi connectivity index (χ4v) is 4.85. The summed E-state index contributed by atoms with van der Waals surface area (Å²) in [5.41, 5.74) is 4.46. The number of carbonyl (C=O) groups excluding carboxylic acids is 1. The average molecular weight is 448 g/mol. The van der Waals surface area contributed by atoms with Gasteiger partial charge in [-0.1, -0.05) is 35.5 Å². The van der Waals surface area contributed by atoms with E-state index in [0.29, 0.717) is 34.6 Å². The minimum Gasteiger partial charge on any atom is -0.335 e. The number of hydrogen-bond donors (Lipinski definition) is 0. The molecule has 0 aliphatic carbocycles. The van der Waals surface area contributed by atoms with E-state index in [9.17, 15) is 13.2 Å². The van der Waals surface area contributed by atoms with Crippen molar-refractivity contribution in [1.29, 1.82) is 0 Å². The molecule has 32 heavy (non-hydrogen) atoms. The number of aryl methyl sites for hydroxylation is 2. The molecule has 162 valence electrons. The van der Waals surface area contributed by atoms with Crippen LogP contribution in [0.5, 0.6) is 0 Å². The van der Waals surface area contributed by atoms with Crippen LogP contribution in [0.2, 0.25) is 0 Å². The third-order valence-electron chi connectivity index (χ3n) is 5.76. The number of nitrogens with zero attached hydrogens (tertiary/aromatic N) is 3. The van der Waals surface area contributed by atoms with E-state index in [2.05, 4.69) is 10.1 Å². The standard InChI is InChI=1S/C24H21N3O4S/c1-15-22-19(14-20(25-23(22)31-26-15)16-7-4-3-5-8-16)24(28)27-12-6-9-17-13-18(32(2,29)30)10-11-21(17)27/h3-5,7-8,10-11,13-14H,6,9,12H2,1-2H3. The Morgan fingerprint density at radius 3 is 2.62 bits per heavy atom. The summed E-state index contributed by atoms with van der Waals surface area (Å²) in [6, 6.07) is 16.3. The van der Waals surface area contributed by atoms with E-state index in [1.807, 2.05) is 30.3 Å². The van der Waals surface area contributed by atoms with Gasteiger partial charge in [-0.2, -0.15) is 0 Å². The van der Waals surface area contributed by atoms with Crippen molar-refractivity contribution in [3.05, 3.63) is 71.4 Å². The molecule has 0 saturated carbocycles. The summed E-state index contributed by atoms with van der Waals surface area (Å²) in [4.78, 5) is 20.3. The lowest BCUT2D eigenvalue weighted by molar-refractivity contribution is 0.0986. The van der Waals surface area contributed by atoms with Gasteiger partial charge in [-0.15, -0.1) is 0 Å². The lowest BCUT2D eigenvalue weighted by Gasteiger charge is -2.30. The minimum absolute atomic E-state index is 0.186. The van der Waals surface area contributed by atoms with E-state index in [-0.39, 0.29) is 10.8 Å². The van der Waals surface area contributed by atoms with Crippen LogP contribution in [0.4, 0.5) is 5.69 Å². The van der Waals surface area contributed by atoms with Crippen molar-refractivity contribution in [2.24, 2.45) is 0 Å². The number of benzene rings is 2. The molecule has 0 saturated heterocycles. The van der Waals surface area contributed by atoms with Crippen LogP contribution in [-0.4, -0.2) is 37.3 Å². The highest BCUT2D eigenvalue weighted by Crippen LogP contribution is 2.33. The SMILES string of the molecule is Cc1noc2nc(-c3ccccc3)cc(C(=O)N3CCCc4cc(S(C)(=O)=O)ccc43)c12. The van der Waals surface area contributed by atoms with Crippen molar-refractivity contribution in [2.75, 3.05) is 17.7 Å². The first-order valence-corrected chi connectivity index (χ1v) is 12.2. The molecule has 0 fully saturated rings. The summed E-state index contributed by atoms with van der Waals surface area (Å²) in [7, 11) is -3.32. The highest BCUT2D eigenvalue weighted by atomic mass is 32.2. The van der Waals surface area contributed by atoms with Crippen molar-refractivity contribution >= 4 is 32.5 Å². The second kappa shape index (κ2) is 7.56. The van der Waals surface area contributed by atoms with Gasteiger partial charge in [0.25, 0.3) is 11.6 Å². The molecule has 4 aromatic rings. The third kappa shape index (κ3) is 3.46. The second-order valence-corrected chi connectivity index (χ2v) is 10.0. The van der Waals surface area contributed by atoms with Crippen molar-refractivity contribution < 1.29 is 17.7 Å². The number of amides is 1. The molecule has 8 heteroatoms. The molecule has 2 aromatic carbocycles. The molecule has 0 bridgehead atoms. The predicted molar refractivity (Wildman–Crippen MR) is 122 cm³/mol. The van der Waals surface area contributed by atoms with Crippen LogP contribution in [0, 0.1) is 6.92 Å². The molecular formula is C24H21N3O4S. The van der Waals surface area contributed by atoms with E-state index in [0.717, 1.165) is 29.7 Å². The smallest absolute Gasteiger partial charge is 0.259 e. The van der Waals surface area contributed by atoms with Crippen LogP contribution in [0.25, 0.3) is 22.4 Å². The Bertz CT molecular complexity index is 1460. The molecule has 0 radical (unpaired) electrons. The van der Waals surface area contributed by atoms with Crippen LogP contribution in [-0.2, 0) is 16.3 Å². The summed E-state index contributed by atoms with van der Waals surface area (Å²) in [6.45, 7) is 2.33. The van der Waals surface area contributed by atoms with E-state index in [1.54, 1.807) is 36.1 Å². The van der Waals surface area contributed by atoms with Gasteiger partial charge in [-0.25, -0.2) is 13.4 Å². The molecule has 1 aliphatic rings. The predicted octanol–water partition coefficient (Wildman–Crippen LogP) is 4.19. The molecule has 2 aromatic heterocycles. The van der Waals surface area contributed by atoms with Gasteiger partial charge in [0, 0.05) is 24.1 Å². The summed E-state index contributed by atoms with van der Waals surface area (Å²) >= 11 is 0. The number of rotatable bonds is 3.